The van der Waals surface area contributed by atoms with Crippen LogP contribution in [0.15, 0.2) is 77.5 Å². The minimum Gasteiger partial charge on any atom is -0.479 e. The molecule has 0 unspecified atom stereocenters. The van der Waals surface area contributed by atoms with Crippen molar-refractivity contribution >= 4 is 53.5 Å². The van der Waals surface area contributed by atoms with Crippen molar-refractivity contribution in [2.75, 3.05) is 62.7 Å². The van der Waals surface area contributed by atoms with Crippen LogP contribution >= 0.6 is 23.5 Å². The minimum atomic E-state index is -1.20. The lowest BCUT2D eigenvalue weighted by atomic mass is 10.1. The normalized spacial score (nSPS) is 11.1. The van der Waals surface area contributed by atoms with Crippen LogP contribution in [-0.2, 0) is 67.2 Å². The van der Waals surface area contributed by atoms with Crippen LogP contribution in [0, 0.1) is 0 Å². The summed E-state index contributed by atoms with van der Waals surface area (Å²) in [5.41, 5.74) is -4.05. The Labute approximate surface area is 408 Å². The van der Waals surface area contributed by atoms with Gasteiger partial charge in [0.2, 0.25) is 0 Å². The van der Waals surface area contributed by atoms with E-state index in [9.17, 15) is 38.4 Å². The lowest BCUT2D eigenvalue weighted by Gasteiger charge is -2.31. The van der Waals surface area contributed by atoms with Crippen LogP contribution in [0.1, 0.15) is 91.4 Å². The van der Waals surface area contributed by atoms with Crippen molar-refractivity contribution in [2.45, 2.75) is 122 Å². The number of carbonyl (C=O) groups is 5. The number of nitrogens with zero attached hydrogens (tertiary/aromatic N) is 3. The zero-order valence-corrected chi connectivity index (χ0v) is 41.8. The molecule has 1 amide bonds. The molecule has 0 radical (unpaired) electrons. The van der Waals surface area contributed by atoms with Crippen LogP contribution in [0.5, 0.6) is 0 Å². The van der Waals surface area contributed by atoms with Gasteiger partial charge in [-0.2, -0.15) is 23.5 Å². The summed E-state index contributed by atoms with van der Waals surface area (Å²) in [5.74, 6) is 0.470. The molecule has 2 N–H and O–H groups in total. The first-order chi connectivity index (χ1) is 32.5. The van der Waals surface area contributed by atoms with Gasteiger partial charge in [0.25, 0.3) is 0 Å². The van der Waals surface area contributed by atoms with E-state index in [0.717, 1.165) is 101 Å². The van der Waals surface area contributed by atoms with Crippen molar-refractivity contribution < 1.29 is 52.4 Å². The van der Waals surface area contributed by atoms with Gasteiger partial charge in [-0.3, -0.25) is 0 Å². The highest BCUT2D eigenvalue weighted by Gasteiger charge is 2.31. The second-order valence-corrected chi connectivity index (χ2v) is 18.5. The maximum Gasteiger partial charge on any atom is 0.407 e. The van der Waals surface area contributed by atoms with Gasteiger partial charge >= 0.3 is 47.0 Å². The summed E-state index contributed by atoms with van der Waals surface area (Å²) in [7, 11) is 0. The van der Waals surface area contributed by atoms with Gasteiger partial charge in [-0.25, -0.2) is 52.1 Å². The molecule has 1 aromatic rings. The molecule has 0 spiro atoms. The first-order valence-electron chi connectivity index (χ1n) is 22.8. The number of unbranched alkanes of at least 4 members (excludes halogenated alkanes) is 8. The maximum atomic E-state index is 13.3. The highest BCUT2D eigenvalue weighted by molar-refractivity contribution is 7.99. The Morgan fingerprint density at radius 2 is 0.868 bits per heavy atom. The Morgan fingerprint density at radius 1 is 0.500 bits per heavy atom. The summed E-state index contributed by atoms with van der Waals surface area (Å²) in [4.78, 5) is 98.0. The molecule has 0 aliphatic rings. The predicted octanol–water partition coefficient (Wildman–Crippen LogP) is 5.19. The van der Waals surface area contributed by atoms with Crippen LogP contribution in [0.2, 0.25) is 0 Å². The Hall–Kier alpha value is -5.44. The third-order valence-electron chi connectivity index (χ3n) is 9.86. The van der Waals surface area contributed by atoms with Crippen molar-refractivity contribution in [2.24, 2.45) is 0 Å². The fraction of sp³-hybridized carbons (Fsp3) is 0.617. The molecule has 1 aromatic heterocycles. The first-order valence-corrected chi connectivity index (χ1v) is 25.1. The number of esters is 4. The molecule has 0 bridgehead atoms. The molecule has 0 aliphatic heterocycles. The summed E-state index contributed by atoms with van der Waals surface area (Å²) < 4.78 is 34.7. The van der Waals surface area contributed by atoms with E-state index in [1.807, 2.05) is 0 Å². The van der Waals surface area contributed by atoms with E-state index < -0.39 is 58.1 Å². The van der Waals surface area contributed by atoms with Gasteiger partial charge in [-0.1, -0.05) is 71.3 Å². The predicted molar refractivity (Wildman–Crippen MR) is 264 cm³/mol. The molecule has 0 saturated heterocycles. The Bertz CT molecular complexity index is 1950. The van der Waals surface area contributed by atoms with E-state index in [4.69, 9.17) is 28.4 Å². The number of aromatic nitrogens is 3. The van der Waals surface area contributed by atoms with E-state index in [0.29, 0.717) is 30.8 Å². The molecule has 21 heteroatoms. The second kappa shape index (κ2) is 34.8. The fourth-order valence-electron chi connectivity index (χ4n) is 6.16. The number of alkyl carbamates (subject to hydrolysis) is 1. The second-order valence-electron chi connectivity index (χ2n) is 16.0. The van der Waals surface area contributed by atoms with Crippen LogP contribution < -0.4 is 27.7 Å². The topological polar surface area (TPSA) is 231 Å². The van der Waals surface area contributed by atoms with E-state index in [1.54, 1.807) is 44.3 Å². The molecule has 0 atom stereocenters. The molecular formula is C47H73N5O14S2. The van der Waals surface area contributed by atoms with Gasteiger partial charge in [0.1, 0.15) is 37.5 Å². The van der Waals surface area contributed by atoms with Crippen molar-refractivity contribution in [3.05, 3.63) is 94.5 Å². The molecule has 68 heavy (non-hydrogen) atoms. The van der Waals surface area contributed by atoms with Crippen LogP contribution in [0.25, 0.3) is 0 Å². The van der Waals surface area contributed by atoms with Crippen LogP contribution in [0.4, 0.5) is 4.79 Å². The summed E-state index contributed by atoms with van der Waals surface area (Å²) in [5, 5.41) is 5.59. The summed E-state index contributed by atoms with van der Waals surface area (Å²) in [6.45, 7) is 22.4. The van der Waals surface area contributed by atoms with Crippen LogP contribution in [-0.4, -0.2) is 117 Å². The number of thioether (sulfide) groups is 2. The van der Waals surface area contributed by atoms with Crippen LogP contribution in [0.3, 0.4) is 0 Å². The molecule has 0 fully saturated rings. The average Bonchev–Trinajstić information content (AvgIpc) is 3.32. The van der Waals surface area contributed by atoms with Crippen molar-refractivity contribution in [1.82, 2.24) is 24.3 Å². The molecule has 1 heterocycles. The number of hydrogen-bond donors (Lipinski definition) is 2. The molecule has 19 nitrogen and oxygen atoms in total. The van der Waals surface area contributed by atoms with E-state index >= 15 is 0 Å². The van der Waals surface area contributed by atoms with Crippen molar-refractivity contribution in [3.8, 4) is 0 Å². The summed E-state index contributed by atoms with van der Waals surface area (Å²) >= 11 is 3.33. The lowest BCUT2D eigenvalue weighted by Crippen LogP contribution is -2.54. The molecule has 0 aromatic carbocycles. The first kappa shape index (κ1) is 60.6. The van der Waals surface area contributed by atoms with E-state index in [-0.39, 0.29) is 65.2 Å². The number of nitrogens with one attached hydrogen (secondary N) is 2. The fourth-order valence-corrected chi connectivity index (χ4v) is 7.85. The number of rotatable bonds is 40. The Balaban J connectivity index is 2.34. The Morgan fingerprint density at radius 3 is 1.29 bits per heavy atom. The molecular weight excluding hydrogens is 923 g/mol. The third-order valence-corrected chi connectivity index (χ3v) is 12.0. The summed E-state index contributed by atoms with van der Waals surface area (Å²) in [6.07, 6.45) is 13.7. The quantitative estimate of drug-likeness (QED) is 0.0283. The SMILES string of the molecule is C=CC(=O)OCC(C)(COC(=O)C=C)NC(=C)OCCSCCCn1c(=O)n(CC)c(=O)n(CCCSCCCCCCCCCCCOC(=O)NC(C)(COC(=O)C=C)COC(=O)C=C)c1=O. The highest BCUT2D eigenvalue weighted by Crippen LogP contribution is 2.14. The van der Waals surface area contributed by atoms with Crippen molar-refractivity contribution in [1.29, 1.82) is 0 Å². The molecule has 0 saturated carbocycles. The average molecular weight is 996 g/mol. The molecule has 1 rings (SSSR count). The van der Waals surface area contributed by atoms with Gasteiger partial charge in [-0.05, 0) is 70.3 Å². The van der Waals surface area contributed by atoms with Crippen molar-refractivity contribution in [3.63, 3.8) is 0 Å². The van der Waals surface area contributed by atoms with Gasteiger partial charge in [0.05, 0.1) is 13.2 Å². The summed E-state index contributed by atoms with van der Waals surface area (Å²) in [6, 6.07) is 0. The number of ether oxygens (including phenoxy) is 6. The standard InChI is InChI=1S/C47H73N5O14S2/c1-9-38(53)63-33-46(7,34-64-39(54)10-2)48-37(6)61-28-32-68-31-24-26-52-44(59)50(13-5)43(58)51(45(52)60)25-23-30-67-29-22-20-18-16-14-15-17-19-21-27-62-42(57)49-47(8,35-65-40(55)11-3)36-66-41(56)12-4/h9-12,48H,1-4,6,13-36H2,5,7-8H3,(H,49,57). The molecule has 0 aliphatic carbocycles. The number of amides is 1. The zero-order chi connectivity index (χ0) is 50.8. The van der Waals surface area contributed by atoms with Gasteiger partial charge in [-0.15, -0.1) is 0 Å². The minimum absolute atomic E-state index is 0.151. The van der Waals surface area contributed by atoms with E-state index in [2.05, 4.69) is 43.5 Å². The molecule has 382 valence electrons. The Kier molecular flexibility index (Phi) is 31.0. The third kappa shape index (κ3) is 25.6. The number of carbonyl (C=O) groups excluding carboxylic acids is 5. The largest absolute Gasteiger partial charge is 0.479 e. The van der Waals surface area contributed by atoms with Gasteiger partial charge < -0.3 is 39.1 Å². The van der Waals surface area contributed by atoms with E-state index in [1.165, 1.54) is 0 Å². The number of hydrogen-bond acceptors (Lipinski definition) is 17. The van der Waals surface area contributed by atoms with Gasteiger partial charge in [0.15, 0.2) is 5.88 Å². The lowest BCUT2D eigenvalue weighted by molar-refractivity contribution is -0.146. The highest BCUT2D eigenvalue weighted by atomic mass is 32.2. The zero-order valence-electron chi connectivity index (χ0n) is 40.2. The monoisotopic (exact) mass is 995 g/mol. The maximum absolute atomic E-state index is 13.3. The smallest absolute Gasteiger partial charge is 0.407 e. The van der Waals surface area contributed by atoms with Gasteiger partial charge in [0, 0.05) is 49.7 Å².